The quantitative estimate of drug-likeness (QED) is 0.559. The molecule has 0 aliphatic carbocycles. The van der Waals surface area contributed by atoms with Crippen molar-refractivity contribution in [1.29, 1.82) is 0 Å². The van der Waals surface area contributed by atoms with Gasteiger partial charge in [0.25, 0.3) is 0 Å². The minimum Gasteiger partial charge on any atom is -0.550 e. The van der Waals surface area contributed by atoms with E-state index >= 15 is 0 Å². The first-order valence-electron chi connectivity index (χ1n) is 8.31. The van der Waals surface area contributed by atoms with Gasteiger partial charge in [-0.25, -0.2) is 0 Å². The van der Waals surface area contributed by atoms with E-state index in [9.17, 15) is 14.7 Å². The van der Waals surface area contributed by atoms with E-state index in [1.165, 1.54) is 25.9 Å². The number of quaternary nitrogens is 1. The molecule has 0 radical (unpaired) electrons. The summed E-state index contributed by atoms with van der Waals surface area (Å²) in [5, 5.41) is 11.5. The second-order valence-electron chi connectivity index (χ2n) is 7.54. The molecule has 6 nitrogen and oxygen atoms in total. The lowest BCUT2D eigenvalue weighted by Gasteiger charge is -2.45. The number of nitrogens with one attached hydrogen (secondary N) is 1. The van der Waals surface area contributed by atoms with Gasteiger partial charge in [-0.3, -0.25) is 4.79 Å². The molecule has 0 saturated carbocycles. The fourth-order valence-electron chi connectivity index (χ4n) is 5.54. The summed E-state index contributed by atoms with van der Waals surface area (Å²) < 4.78 is 5.93. The Hall–Kier alpha value is -1.40. The molecule has 6 heterocycles. The molecule has 0 unspecified atom stereocenters. The van der Waals surface area contributed by atoms with E-state index in [4.69, 9.17) is 4.74 Å². The first kappa shape index (κ1) is 13.1. The van der Waals surface area contributed by atoms with Gasteiger partial charge in [0.2, 0.25) is 5.91 Å². The van der Waals surface area contributed by atoms with E-state index in [0.717, 1.165) is 6.54 Å². The lowest BCUT2D eigenvalue weighted by Crippen LogP contribution is -3.16. The normalized spacial score (nSPS) is 51.6. The number of piperidine rings is 3. The van der Waals surface area contributed by atoms with Gasteiger partial charge in [0.05, 0.1) is 44.2 Å². The van der Waals surface area contributed by atoms with Gasteiger partial charge in [0, 0.05) is 24.7 Å². The number of ether oxygens (including phenoxy) is 1. The zero-order valence-electron chi connectivity index (χ0n) is 12.4. The molecule has 1 amide bonds. The number of carbonyl (C=O) groups is 2. The summed E-state index contributed by atoms with van der Waals surface area (Å²) in [4.78, 5) is 28.0. The Morgan fingerprint density at radius 2 is 2.18 bits per heavy atom. The maximum absolute atomic E-state index is 13.0. The van der Waals surface area contributed by atoms with Crippen molar-refractivity contribution in [3.8, 4) is 0 Å². The Morgan fingerprint density at radius 1 is 1.41 bits per heavy atom. The Balaban J connectivity index is 1.48. The molecule has 5 saturated heterocycles. The van der Waals surface area contributed by atoms with Crippen LogP contribution in [0, 0.1) is 17.8 Å². The Morgan fingerprint density at radius 3 is 2.82 bits per heavy atom. The van der Waals surface area contributed by atoms with Gasteiger partial charge in [0.15, 0.2) is 0 Å². The predicted octanol–water partition coefficient (Wildman–Crippen LogP) is -2.80. The number of carbonyl (C=O) groups excluding carboxylic acids is 2. The number of carboxylic acids is 1. The van der Waals surface area contributed by atoms with Crippen molar-refractivity contribution in [3.05, 3.63) is 12.2 Å². The number of fused-ring (bicyclic) bond motifs is 4. The molecule has 5 atom stereocenters. The van der Waals surface area contributed by atoms with Crippen LogP contribution in [0.15, 0.2) is 12.2 Å². The van der Waals surface area contributed by atoms with Crippen LogP contribution in [-0.2, 0) is 14.3 Å². The molecule has 6 heteroatoms. The van der Waals surface area contributed by atoms with Crippen LogP contribution in [0.5, 0.6) is 0 Å². The lowest BCUT2D eigenvalue weighted by molar-refractivity contribution is -0.918. The van der Waals surface area contributed by atoms with Gasteiger partial charge in [-0.1, -0.05) is 12.2 Å². The number of carboxylic acid groups (broad SMARTS) is 1. The molecule has 22 heavy (non-hydrogen) atoms. The largest absolute Gasteiger partial charge is 0.550 e. The summed E-state index contributed by atoms with van der Waals surface area (Å²) >= 11 is 0. The molecule has 1 N–H and O–H groups in total. The summed E-state index contributed by atoms with van der Waals surface area (Å²) in [6.07, 6.45) is 5.58. The average Bonchev–Trinajstić information content (AvgIpc) is 3.16. The van der Waals surface area contributed by atoms with Gasteiger partial charge in [-0.2, -0.15) is 0 Å². The minimum atomic E-state index is -1.16. The Kier molecular flexibility index (Phi) is 2.45. The van der Waals surface area contributed by atoms with Crippen molar-refractivity contribution in [2.24, 2.45) is 17.8 Å². The van der Waals surface area contributed by atoms with Crippen molar-refractivity contribution in [3.63, 3.8) is 0 Å². The molecule has 6 rings (SSSR count). The van der Waals surface area contributed by atoms with Gasteiger partial charge < -0.3 is 24.4 Å². The van der Waals surface area contributed by atoms with E-state index in [1.807, 2.05) is 11.0 Å². The highest BCUT2D eigenvalue weighted by Gasteiger charge is 2.66. The molecule has 5 fully saturated rings. The first-order chi connectivity index (χ1) is 10.6. The lowest BCUT2D eigenvalue weighted by atomic mass is 9.77. The Labute approximate surface area is 128 Å². The smallest absolute Gasteiger partial charge is 0.230 e. The number of nitrogens with zero attached hydrogens (tertiary/aromatic N) is 1. The second kappa shape index (κ2) is 4.11. The maximum atomic E-state index is 13.0. The molecule has 0 aromatic heterocycles. The van der Waals surface area contributed by atoms with Crippen molar-refractivity contribution in [2.45, 2.75) is 30.6 Å². The van der Waals surface area contributed by atoms with Crippen molar-refractivity contribution in [2.75, 3.05) is 26.2 Å². The molecular weight excluding hydrogens is 284 g/mol. The van der Waals surface area contributed by atoms with Crippen molar-refractivity contribution < 1.29 is 24.3 Å². The molecule has 4 bridgehead atoms. The van der Waals surface area contributed by atoms with Gasteiger partial charge in [-0.05, 0) is 5.92 Å². The molecule has 1 spiro atoms. The second-order valence-corrected chi connectivity index (χ2v) is 7.54. The van der Waals surface area contributed by atoms with Crippen LogP contribution in [0.3, 0.4) is 0 Å². The summed E-state index contributed by atoms with van der Waals surface area (Å²) in [6.45, 7) is 3.93. The fourth-order valence-corrected chi connectivity index (χ4v) is 5.54. The number of hydrogen-bond donors (Lipinski definition) is 1. The van der Waals surface area contributed by atoms with Gasteiger partial charge in [-0.15, -0.1) is 0 Å². The standard InChI is InChI=1S/C16H20N2O4/c19-14-13-12(15(20)21)11-1-4-16(13,22-11)8-18(14)10-7-17-5-2-9(10)3-6-17/h1,4,9-13H,2-3,5-8H2,(H,20,21)/t10-,11-,12+,13-,16-/m1/s1. The predicted molar refractivity (Wildman–Crippen MR) is 72.5 cm³/mol. The van der Waals surface area contributed by atoms with Crippen LogP contribution in [-0.4, -0.2) is 60.7 Å². The highest BCUT2D eigenvalue weighted by atomic mass is 16.5. The summed E-state index contributed by atoms with van der Waals surface area (Å²) in [6, 6.07) is 0.253. The number of hydrogen-bond acceptors (Lipinski definition) is 4. The third-order valence-corrected chi connectivity index (χ3v) is 6.58. The zero-order valence-corrected chi connectivity index (χ0v) is 12.4. The molecule has 6 aliphatic rings. The maximum Gasteiger partial charge on any atom is 0.230 e. The molecule has 118 valence electrons. The SMILES string of the molecule is O=C([O-])[C@H]1[C@H]2C=C[C@]3(CN([C@@H]4C[NH+]5CCC4CC5)C(=O)[C@@H]13)O2. The third-order valence-electron chi connectivity index (χ3n) is 6.58. The van der Waals surface area contributed by atoms with Crippen molar-refractivity contribution >= 4 is 11.9 Å². The molecule has 0 aromatic rings. The molecule has 6 aliphatic heterocycles. The molecule has 0 aromatic carbocycles. The van der Waals surface area contributed by atoms with Crippen molar-refractivity contribution in [1.82, 2.24) is 4.90 Å². The van der Waals surface area contributed by atoms with Gasteiger partial charge >= 0.3 is 0 Å². The fraction of sp³-hybridized carbons (Fsp3) is 0.750. The summed E-state index contributed by atoms with van der Waals surface area (Å²) in [5.74, 6) is -2.02. The Bertz CT molecular complexity index is 583. The van der Waals surface area contributed by atoms with Crippen LogP contribution in [0.2, 0.25) is 0 Å². The van der Waals surface area contributed by atoms with E-state index in [2.05, 4.69) is 0 Å². The summed E-state index contributed by atoms with van der Waals surface area (Å²) in [5.41, 5.74) is -0.714. The van der Waals surface area contributed by atoms with E-state index in [1.54, 1.807) is 11.0 Å². The van der Waals surface area contributed by atoms with E-state index in [0.29, 0.717) is 12.5 Å². The number of likely N-dealkylation sites (tertiary alicyclic amines) is 1. The van der Waals surface area contributed by atoms with Crippen LogP contribution < -0.4 is 10.0 Å². The monoisotopic (exact) mass is 304 g/mol. The van der Waals surface area contributed by atoms with Crippen LogP contribution >= 0.6 is 0 Å². The topological polar surface area (TPSA) is 74.1 Å². The highest BCUT2D eigenvalue weighted by molar-refractivity contribution is 5.90. The van der Waals surface area contributed by atoms with Crippen LogP contribution in [0.1, 0.15) is 12.8 Å². The highest BCUT2D eigenvalue weighted by Crippen LogP contribution is 2.52. The van der Waals surface area contributed by atoms with Gasteiger partial charge in [0.1, 0.15) is 5.60 Å². The van der Waals surface area contributed by atoms with Crippen LogP contribution in [0.4, 0.5) is 0 Å². The average molecular weight is 304 g/mol. The molecular formula is C16H20N2O4. The first-order valence-corrected chi connectivity index (χ1v) is 8.31. The summed E-state index contributed by atoms with van der Waals surface area (Å²) in [7, 11) is 0. The third kappa shape index (κ3) is 1.47. The number of rotatable bonds is 2. The number of amides is 1. The van der Waals surface area contributed by atoms with Crippen LogP contribution in [0.25, 0.3) is 0 Å². The number of aliphatic carboxylic acids is 1. The zero-order chi connectivity index (χ0) is 15.1. The van der Waals surface area contributed by atoms with E-state index < -0.39 is 29.5 Å². The minimum absolute atomic E-state index is 0.0285. The van der Waals surface area contributed by atoms with E-state index in [-0.39, 0.29) is 11.9 Å².